The van der Waals surface area contributed by atoms with Gasteiger partial charge in [-0.25, -0.2) is 0 Å². The Bertz CT molecular complexity index is 777. The number of hydrogen-bond acceptors (Lipinski definition) is 7. The number of nitrogens with one attached hydrogen (secondary N) is 1. The van der Waals surface area contributed by atoms with Gasteiger partial charge in [0.25, 0.3) is 0 Å². The predicted octanol–water partition coefficient (Wildman–Crippen LogP) is -0.667. The van der Waals surface area contributed by atoms with Gasteiger partial charge in [-0.3, -0.25) is 19.2 Å². The molecule has 3 rings (SSSR count). The van der Waals surface area contributed by atoms with E-state index in [0.29, 0.717) is 65.1 Å². The van der Waals surface area contributed by atoms with Gasteiger partial charge in [-0.05, 0) is 24.7 Å². The van der Waals surface area contributed by atoms with Gasteiger partial charge in [-0.2, -0.15) is 0 Å². The van der Waals surface area contributed by atoms with Crippen LogP contribution in [0.5, 0.6) is 0 Å². The molecule has 0 radical (unpaired) electrons. The summed E-state index contributed by atoms with van der Waals surface area (Å²) >= 11 is 0. The van der Waals surface area contributed by atoms with Crippen molar-refractivity contribution in [1.82, 2.24) is 20.0 Å². The molecule has 4 amide bonds. The molecule has 0 bridgehead atoms. The molecule has 0 aromatic carbocycles. The molecule has 3 saturated heterocycles. The van der Waals surface area contributed by atoms with Gasteiger partial charge in [0, 0.05) is 44.7 Å². The van der Waals surface area contributed by atoms with Gasteiger partial charge in [0.2, 0.25) is 23.6 Å². The molecule has 0 aliphatic carbocycles. The molecule has 0 spiro atoms. The van der Waals surface area contributed by atoms with E-state index in [1.807, 2.05) is 25.7 Å². The third-order valence-electron chi connectivity index (χ3n) is 6.74. The van der Waals surface area contributed by atoms with Crippen LogP contribution < -0.4 is 11.1 Å². The standard InChI is InChI=1S/C24H41N5O6/c1-24(2,3)14-19(30)27-8-4-17(5-9-27)29-15-20(31)28-10-6-18(25)22(28)23(33)26-7-11-34-12-13-35-16-21(29)32/h17-18,22H,4-16,25H2,1-3H3,(H,26,33)/t18-,22+/m1/s1. The highest BCUT2D eigenvalue weighted by Crippen LogP contribution is 2.24. The zero-order chi connectivity index (χ0) is 25.6. The second-order valence-electron chi connectivity index (χ2n) is 10.8. The third-order valence-corrected chi connectivity index (χ3v) is 6.74. The molecular weight excluding hydrogens is 454 g/mol. The summed E-state index contributed by atoms with van der Waals surface area (Å²) in [4.78, 5) is 56.7. The Morgan fingerprint density at radius 1 is 0.971 bits per heavy atom. The van der Waals surface area contributed by atoms with Crippen molar-refractivity contribution in [3.8, 4) is 0 Å². The molecule has 3 heterocycles. The van der Waals surface area contributed by atoms with Crippen LogP contribution in [0.4, 0.5) is 0 Å². The van der Waals surface area contributed by atoms with Crippen LogP contribution in [0.1, 0.15) is 46.5 Å². The molecular formula is C24H41N5O6. The molecule has 0 saturated carbocycles. The lowest BCUT2D eigenvalue weighted by molar-refractivity contribution is -0.148. The van der Waals surface area contributed by atoms with E-state index in [0.717, 1.165) is 0 Å². The van der Waals surface area contributed by atoms with Gasteiger partial charge >= 0.3 is 0 Å². The zero-order valence-corrected chi connectivity index (χ0v) is 21.3. The summed E-state index contributed by atoms with van der Waals surface area (Å²) in [5, 5.41) is 2.79. The Morgan fingerprint density at radius 2 is 1.66 bits per heavy atom. The Balaban J connectivity index is 1.71. The first-order chi connectivity index (χ1) is 16.6. The van der Waals surface area contributed by atoms with Gasteiger partial charge < -0.3 is 35.2 Å². The highest BCUT2D eigenvalue weighted by Gasteiger charge is 2.41. The molecule has 3 aliphatic heterocycles. The zero-order valence-electron chi connectivity index (χ0n) is 21.3. The van der Waals surface area contributed by atoms with Crippen molar-refractivity contribution in [2.75, 3.05) is 59.2 Å². The molecule has 3 N–H and O–H groups in total. The lowest BCUT2D eigenvalue weighted by atomic mass is 9.91. The lowest BCUT2D eigenvalue weighted by Crippen LogP contribution is -2.57. The first-order valence-corrected chi connectivity index (χ1v) is 12.6. The lowest BCUT2D eigenvalue weighted by Gasteiger charge is -2.39. The highest BCUT2D eigenvalue weighted by atomic mass is 16.5. The van der Waals surface area contributed by atoms with Crippen LogP contribution >= 0.6 is 0 Å². The Labute approximate surface area is 207 Å². The van der Waals surface area contributed by atoms with Crippen LogP contribution in [0.15, 0.2) is 0 Å². The van der Waals surface area contributed by atoms with E-state index in [9.17, 15) is 19.2 Å². The number of fused-ring (bicyclic) bond motifs is 1. The fourth-order valence-electron chi connectivity index (χ4n) is 4.90. The average molecular weight is 496 g/mol. The number of nitrogens with zero attached hydrogens (tertiary/aromatic N) is 3. The number of piperidine rings is 1. The van der Waals surface area contributed by atoms with Crippen LogP contribution in [-0.2, 0) is 28.7 Å². The quantitative estimate of drug-likeness (QED) is 0.519. The molecule has 35 heavy (non-hydrogen) atoms. The maximum atomic E-state index is 13.3. The van der Waals surface area contributed by atoms with Crippen LogP contribution in [0, 0.1) is 5.41 Å². The number of rotatable bonds is 2. The van der Waals surface area contributed by atoms with Gasteiger partial charge in [0.15, 0.2) is 0 Å². The second kappa shape index (κ2) is 12.1. The number of carbonyl (C=O) groups excluding carboxylic acids is 4. The Kier molecular flexibility index (Phi) is 9.48. The van der Waals surface area contributed by atoms with Crippen LogP contribution in [0.3, 0.4) is 0 Å². The summed E-state index contributed by atoms with van der Waals surface area (Å²) in [6.07, 6.45) is 2.15. The highest BCUT2D eigenvalue weighted by molar-refractivity contribution is 5.91. The largest absolute Gasteiger partial charge is 0.377 e. The summed E-state index contributed by atoms with van der Waals surface area (Å²) in [5.41, 5.74) is 6.08. The summed E-state index contributed by atoms with van der Waals surface area (Å²) in [7, 11) is 0. The van der Waals surface area contributed by atoms with Crippen molar-refractivity contribution in [2.45, 2.75) is 64.6 Å². The molecule has 3 fully saturated rings. The number of ether oxygens (including phenoxy) is 2. The van der Waals surface area contributed by atoms with Gasteiger partial charge in [0.05, 0.1) is 19.8 Å². The van der Waals surface area contributed by atoms with E-state index in [-0.39, 0.29) is 54.8 Å². The molecule has 0 unspecified atom stereocenters. The second-order valence-corrected chi connectivity index (χ2v) is 10.8. The maximum absolute atomic E-state index is 13.3. The number of likely N-dealkylation sites (tertiary alicyclic amines) is 1. The molecule has 198 valence electrons. The van der Waals surface area contributed by atoms with E-state index in [4.69, 9.17) is 15.2 Å². The molecule has 0 aromatic heterocycles. The normalized spacial score (nSPS) is 26.7. The van der Waals surface area contributed by atoms with Crippen molar-refractivity contribution < 1.29 is 28.7 Å². The summed E-state index contributed by atoms with van der Waals surface area (Å²) < 4.78 is 11.0. The van der Waals surface area contributed by atoms with Crippen molar-refractivity contribution in [1.29, 1.82) is 0 Å². The molecule has 3 aliphatic rings. The minimum absolute atomic E-state index is 0.0930. The van der Waals surface area contributed by atoms with E-state index in [1.54, 1.807) is 4.90 Å². The smallest absolute Gasteiger partial charge is 0.249 e. The summed E-state index contributed by atoms with van der Waals surface area (Å²) in [5.74, 6) is -0.777. The Morgan fingerprint density at radius 3 is 2.34 bits per heavy atom. The first-order valence-electron chi connectivity index (χ1n) is 12.6. The number of carbonyl (C=O) groups is 4. The third kappa shape index (κ3) is 7.62. The number of hydrogen-bond donors (Lipinski definition) is 2. The summed E-state index contributed by atoms with van der Waals surface area (Å²) in [6, 6.07) is -1.41. The predicted molar refractivity (Wildman–Crippen MR) is 128 cm³/mol. The van der Waals surface area contributed by atoms with E-state index in [2.05, 4.69) is 5.32 Å². The molecule has 11 nitrogen and oxygen atoms in total. The fraction of sp³-hybridized carbons (Fsp3) is 0.833. The minimum atomic E-state index is -0.766. The number of amides is 4. The van der Waals surface area contributed by atoms with Crippen molar-refractivity contribution in [2.24, 2.45) is 11.1 Å². The average Bonchev–Trinajstić information content (AvgIpc) is 3.18. The fourth-order valence-corrected chi connectivity index (χ4v) is 4.90. The van der Waals surface area contributed by atoms with Gasteiger partial charge in [0.1, 0.15) is 19.2 Å². The first kappa shape index (κ1) is 27.3. The SMILES string of the molecule is CC(C)(C)CC(=O)N1CCC(N2CC(=O)N3CC[C@@H](N)[C@H]3C(=O)NCCOCCOCC2=O)CC1. The van der Waals surface area contributed by atoms with E-state index in [1.165, 1.54) is 4.90 Å². The molecule has 11 heteroatoms. The van der Waals surface area contributed by atoms with E-state index < -0.39 is 12.1 Å². The van der Waals surface area contributed by atoms with Crippen LogP contribution in [-0.4, -0.2) is 116 Å². The van der Waals surface area contributed by atoms with Gasteiger partial charge in [-0.15, -0.1) is 0 Å². The minimum Gasteiger partial charge on any atom is -0.377 e. The maximum Gasteiger partial charge on any atom is 0.249 e. The molecule has 0 aromatic rings. The molecule has 2 atom stereocenters. The van der Waals surface area contributed by atoms with Crippen LogP contribution in [0.25, 0.3) is 0 Å². The van der Waals surface area contributed by atoms with Crippen LogP contribution in [0.2, 0.25) is 0 Å². The topological polar surface area (TPSA) is 135 Å². The monoisotopic (exact) mass is 495 g/mol. The summed E-state index contributed by atoms with van der Waals surface area (Å²) in [6.45, 7) is 8.39. The van der Waals surface area contributed by atoms with E-state index >= 15 is 0 Å². The van der Waals surface area contributed by atoms with Crippen molar-refractivity contribution >= 4 is 23.6 Å². The van der Waals surface area contributed by atoms with Gasteiger partial charge in [-0.1, -0.05) is 20.8 Å². The number of nitrogens with two attached hydrogens (primary N) is 1. The Hall–Kier alpha value is -2.24. The van der Waals surface area contributed by atoms with Crippen molar-refractivity contribution in [3.63, 3.8) is 0 Å². The van der Waals surface area contributed by atoms with Crippen molar-refractivity contribution in [3.05, 3.63) is 0 Å².